The minimum atomic E-state index is 0.315. The van der Waals surface area contributed by atoms with E-state index in [0.29, 0.717) is 12.0 Å². The molecule has 0 amide bonds. The molecule has 18 heavy (non-hydrogen) atoms. The van der Waals surface area contributed by atoms with E-state index < -0.39 is 0 Å². The molecule has 1 unspecified atom stereocenters. The number of hydrogen-bond donors (Lipinski definition) is 1. The predicted octanol–water partition coefficient (Wildman–Crippen LogP) is 4.03. The average molecular weight is 272 g/mol. The molecule has 0 bridgehead atoms. The third kappa shape index (κ3) is 3.48. The van der Waals surface area contributed by atoms with Gasteiger partial charge in [0.05, 0.1) is 23.0 Å². The lowest BCUT2D eigenvalue weighted by Gasteiger charge is -2.27. The first kappa shape index (κ1) is 15.5. The standard InChI is InChI=1S/C14H26ClN3/c1-5-9-16-13(11(6-2)7-3)14-12(15)10-17-18(14)8-4/h10-11,13,16H,5-9H2,1-4H3. The van der Waals surface area contributed by atoms with E-state index in [4.69, 9.17) is 11.6 Å². The Kier molecular flexibility index (Phi) is 6.72. The summed E-state index contributed by atoms with van der Waals surface area (Å²) in [6.07, 6.45) is 5.21. The Morgan fingerprint density at radius 2 is 1.94 bits per heavy atom. The maximum atomic E-state index is 6.33. The van der Waals surface area contributed by atoms with E-state index in [1.807, 2.05) is 4.68 Å². The Bertz CT molecular complexity index is 345. The lowest BCUT2D eigenvalue weighted by molar-refractivity contribution is 0.323. The predicted molar refractivity (Wildman–Crippen MR) is 78.0 cm³/mol. The van der Waals surface area contributed by atoms with Gasteiger partial charge >= 0.3 is 0 Å². The topological polar surface area (TPSA) is 29.9 Å². The first-order valence-corrected chi connectivity index (χ1v) is 7.51. The Morgan fingerprint density at radius 3 is 2.44 bits per heavy atom. The zero-order chi connectivity index (χ0) is 13.5. The summed E-state index contributed by atoms with van der Waals surface area (Å²) >= 11 is 6.33. The van der Waals surface area contributed by atoms with Gasteiger partial charge in [-0.15, -0.1) is 0 Å². The molecule has 0 spiro atoms. The van der Waals surface area contributed by atoms with Gasteiger partial charge in [0, 0.05) is 6.54 Å². The molecule has 1 atom stereocenters. The van der Waals surface area contributed by atoms with E-state index in [1.54, 1.807) is 6.20 Å². The number of halogens is 1. The first-order valence-electron chi connectivity index (χ1n) is 7.13. The molecule has 1 heterocycles. The van der Waals surface area contributed by atoms with Crippen LogP contribution in [0.2, 0.25) is 5.02 Å². The van der Waals surface area contributed by atoms with E-state index in [1.165, 1.54) is 0 Å². The molecule has 104 valence electrons. The highest BCUT2D eigenvalue weighted by atomic mass is 35.5. The number of hydrogen-bond acceptors (Lipinski definition) is 2. The van der Waals surface area contributed by atoms with Crippen molar-refractivity contribution in [1.29, 1.82) is 0 Å². The number of nitrogens with one attached hydrogen (secondary N) is 1. The summed E-state index contributed by atoms with van der Waals surface area (Å²) in [4.78, 5) is 0. The third-order valence-electron chi connectivity index (χ3n) is 3.56. The smallest absolute Gasteiger partial charge is 0.0834 e. The van der Waals surface area contributed by atoms with Gasteiger partial charge in [-0.25, -0.2) is 0 Å². The van der Waals surface area contributed by atoms with Crippen molar-refractivity contribution in [1.82, 2.24) is 15.1 Å². The van der Waals surface area contributed by atoms with Crippen LogP contribution in [0.1, 0.15) is 58.7 Å². The summed E-state index contributed by atoms with van der Waals surface area (Å²) in [6, 6.07) is 0.315. The Balaban J connectivity index is 3.03. The van der Waals surface area contributed by atoms with Crippen LogP contribution in [0.15, 0.2) is 6.20 Å². The second-order valence-electron chi connectivity index (χ2n) is 4.70. The minimum Gasteiger partial charge on any atom is -0.308 e. The molecule has 0 saturated carbocycles. The Morgan fingerprint density at radius 1 is 1.28 bits per heavy atom. The fourth-order valence-electron chi connectivity index (χ4n) is 2.48. The van der Waals surface area contributed by atoms with Gasteiger partial charge in [-0.1, -0.05) is 45.2 Å². The molecule has 1 rings (SSSR count). The Hall–Kier alpha value is -0.540. The summed E-state index contributed by atoms with van der Waals surface area (Å²) in [7, 11) is 0. The van der Waals surface area contributed by atoms with Crippen molar-refractivity contribution in [3.8, 4) is 0 Å². The van der Waals surface area contributed by atoms with Crippen molar-refractivity contribution in [3.05, 3.63) is 16.9 Å². The zero-order valence-electron chi connectivity index (χ0n) is 12.0. The lowest BCUT2D eigenvalue weighted by atomic mass is 9.91. The highest BCUT2D eigenvalue weighted by Crippen LogP contribution is 2.32. The van der Waals surface area contributed by atoms with Crippen LogP contribution in [0, 0.1) is 5.92 Å². The van der Waals surface area contributed by atoms with Crippen LogP contribution in [0.4, 0.5) is 0 Å². The fraction of sp³-hybridized carbons (Fsp3) is 0.786. The van der Waals surface area contributed by atoms with Gasteiger partial charge in [-0.05, 0) is 25.8 Å². The third-order valence-corrected chi connectivity index (χ3v) is 3.85. The Labute approximate surface area is 116 Å². The molecule has 1 N–H and O–H groups in total. The normalized spacial score (nSPS) is 13.2. The van der Waals surface area contributed by atoms with E-state index in [0.717, 1.165) is 43.1 Å². The maximum absolute atomic E-state index is 6.33. The van der Waals surface area contributed by atoms with Gasteiger partial charge in [-0.2, -0.15) is 5.10 Å². The minimum absolute atomic E-state index is 0.315. The van der Waals surface area contributed by atoms with E-state index in [2.05, 4.69) is 38.1 Å². The number of nitrogens with zero attached hydrogens (tertiary/aromatic N) is 2. The van der Waals surface area contributed by atoms with E-state index >= 15 is 0 Å². The summed E-state index contributed by atoms with van der Waals surface area (Å²) in [5.74, 6) is 0.607. The quantitative estimate of drug-likeness (QED) is 0.774. The van der Waals surface area contributed by atoms with Gasteiger partial charge < -0.3 is 5.32 Å². The van der Waals surface area contributed by atoms with Crippen LogP contribution >= 0.6 is 11.6 Å². The van der Waals surface area contributed by atoms with Gasteiger partial charge in [0.15, 0.2) is 0 Å². The van der Waals surface area contributed by atoms with E-state index in [9.17, 15) is 0 Å². The molecule has 1 aromatic rings. The molecular weight excluding hydrogens is 246 g/mol. The van der Waals surface area contributed by atoms with Crippen molar-refractivity contribution < 1.29 is 0 Å². The van der Waals surface area contributed by atoms with Crippen LogP contribution in [0.5, 0.6) is 0 Å². The molecule has 0 saturated heterocycles. The van der Waals surface area contributed by atoms with Gasteiger partial charge in [0.2, 0.25) is 0 Å². The molecule has 0 aliphatic carbocycles. The lowest BCUT2D eigenvalue weighted by Crippen LogP contribution is -2.31. The van der Waals surface area contributed by atoms with Gasteiger partial charge in [0.1, 0.15) is 0 Å². The summed E-state index contributed by atoms with van der Waals surface area (Å²) in [6.45, 7) is 10.7. The molecule has 3 nitrogen and oxygen atoms in total. The molecule has 1 aromatic heterocycles. The van der Waals surface area contributed by atoms with Crippen LogP contribution < -0.4 is 5.32 Å². The highest BCUT2D eigenvalue weighted by Gasteiger charge is 2.25. The van der Waals surface area contributed by atoms with Gasteiger partial charge in [-0.3, -0.25) is 4.68 Å². The summed E-state index contributed by atoms with van der Waals surface area (Å²) < 4.78 is 2.02. The molecule has 0 radical (unpaired) electrons. The molecule has 0 aliphatic heterocycles. The molecule has 0 fully saturated rings. The van der Waals surface area contributed by atoms with Crippen LogP contribution in [0.25, 0.3) is 0 Å². The largest absolute Gasteiger partial charge is 0.308 e. The number of rotatable bonds is 8. The summed E-state index contributed by atoms with van der Waals surface area (Å²) in [5, 5.41) is 8.79. The van der Waals surface area contributed by atoms with Gasteiger partial charge in [0.25, 0.3) is 0 Å². The van der Waals surface area contributed by atoms with Crippen molar-refractivity contribution in [2.24, 2.45) is 5.92 Å². The summed E-state index contributed by atoms with van der Waals surface area (Å²) in [5.41, 5.74) is 1.15. The molecule has 4 heteroatoms. The van der Waals surface area contributed by atoms with E-state index in [-0.39, 0.29) is 0 Å². The van der Waals surface area contributed by atoms with Crippen molar-refractivity contribution in [3.63, 3.8) is 0 Å². The van der Waals surface area contributed by atoms with Crippen molar-refractivity contribution >= 4 is 11.6 Å². The van der Waals surface area contributed by atoms with Crippen molar-refractivity contribution in [2.45, 2.75) is 59.5 Å². The van der Waals surface area contributed by atoms with Crippen LogP contribution in [0.3, 0.4) is 0 Å². The zero-order valence-corrected chi connectivity index (χ0v) is 12.8. The molecule has 0 aliphatic rings. The SMILES string of the molecule is CCCNC(c1c(Cl)cnn1CC)C(CC)CC. The second kappa shape index (κ2) is 7.80. The molecular formula is C14H26ClN3. The molecule has 0 aromatic carbocycles. The monoisotopic (exact) mass is 271 g/mol. The van der Waals surface area contributed by atoms with Crippen molar-refractivity contribution in [2.75, 3.05) is 6.54 Å². The maximum Gasteiger partial charge on any atom is 0.0834 e. The average Bonchev–Trinajstić information content (AvgIpc) is 2.75. The van der Waals surface area contributed by atoms with Crippen LogP contribution in [-0.4, -0.2) is 16.3 Å². The first-order chi connectivity index (χ1) is 8.69. The fourth-order valence-corrected chi connectivity index (χ4v) is 2.74. The second-order valence-corrected chi connectivity index (χ2v) is 5.11. The van der Waals surface area contributed by atoms with Crippen LogP contribution in [-0.2, 0) is 6.54 Å². The number of aryl methyl sites for hydroxylation is 1. The highest BCUT2D eigenvalue weighted by molar-refractivity contribution is 6.31. The number of aromatic nitrogens is 2.